The number of nitrogens with zero attached hydrogens (tertiary/aromatic N) is 3. The number of aryl methyl sites for hydroxylation is 2. The van der Waals surface area contributed by atoms with Crippen molar-refractivity contribution in [2.45, 2.75) is 39.2 Å². The molecule has 2 N–H and O–H groups in total. The van der Waals surface area contributed by atoms with Crippen molar-refractivity contribution in [1.29, 1.82) is 0 Å². The van der Waals surface area contributed by atoms with Crippen LogP contribution < -0.4 is 5.32 Å². The Morgan fingerprint density at radius 3 is 2.90 bits per heavy atom. The first-order valence-corrected chi connectivity index (χ1v) is 7.29. The highest BCUT2D eigenvalue weighted by Gasteiger charge is 2.25. The number of rotatable bonds is 5. The number of carboxylic acid groups (broad SMARTS) is 1. The van der Waals surface area contributed by atoms with Crippen LogP contribution in [0.2, 0.25) is 0 Å². The lowest BCUT2D eigenvalue weighted by molar-refractivity contribution is 0.0697. The molecule has 1 fully saturated rings. The first kappa shape index (κ1) is 13.9. The van der Waals surface area contributed by atoms with Gasteiger partial charge in [-0.25, -0.2) is 9.78 Å². The summed E-state index contributed by atoms with van der Waals surface area (Å²) in [5, 5.41) is 18.0. The molecule has 0 aliphatic heterocycles. The first-order chi connectivity index (χ1) is 9.97. The third-order valence-corrected chi connectivity index (χ3v) is 4.03. The van der Waals surface area contributed by atoms with E-state index in [0.717, 1.165) is 23.4 Å². The fourth-order valence-corrected chi connectivity index (χ4v) is 2.88. The number of carbonyl (C=O) groups is 1. The molecular weight excluding hydrogens is 268 g/mol. The van der Waals surface area contributed by atoms with Gasteiger partial charge in [0.25, 0.3) is 0 Å². The smallest absolute Gasteiger partial charge is 0.339 e. The summed E-state index contributed by atoms with van der Waals surface area (Å²) in [7, 11) is 1.82. The molecule has 1 atom stereocenters. The van der Waals surface area contributed by atoms with E-state index in [0.29, 0.717) is 11.3 Å². The quantitative estimate of drug-likeness (QED) is 0.884. The zero-order valence-electron chi connectivity index (χ0n) is 12.6. The van der Waals surface area contributed by atoms with Crippen LogP contribution >= 0.6 is 0 Å². The van der Waals surface area contributed by atoms with Gasteiger partial charge < -0.3 is 10.4 Å². The van der Waals surface area contributed by atoms with Crippen molar-refractivity contribution in [2.24, 2.45) is 13.0 Å². The normalized spacial score (nSPS) is 16.1. The van der Waals surface area contributed by atoms with Crippen molar-refractivity contribution in [3.63, 3.8) is 0 Å². The third kappa shape index (κ3) is 2.57. The maximum absolute atomic E-state index is 11.5. The number of anilines is 1. The maximum atomic E-state index is 11.5. The van der Waals surface area contributed by atoms with E-state index < -0.39 is 5.97 Å². The van der Waals surface area contributed by atoms with E-state index in [9.17, 15) is 9.90 Å². The van der Waals surface area contributed by atoms with Gasteiger partial charge in [0, 0.05) is 19.3 Å². The van der Waals surface area contributed by atoms with Gasteiger partial charge in [0.1, 0.15) is 5.56 Å². The summed E-state index contributed by atoms with van der Waals surface area (Å²) in [4.78, 5) is 15.7. The van der Waals surface area contributed by atoms with E-state index in [1.54, 1.807) is 4.68 Å². The lowest BCUT2D eigenvalue weighted by Crippen LogP contribution is -2.18. The Morgan fingerprint density at radius 1 is 1.57 bits per heavy atom. The molecule has 1 unspecified atom stereocenters. The number of carboxylic acids is 1. The number of hydrogen-bond donors (Lipinski definition) is 2. The van der Waals surface area contributed by atoms with Crippen LogP contribution in [-0.4, -0.2) is 31.9 Å². The van der Waals surface area contributed by atoms with Crippen molar-refractivity contribution >= 4 is 22.7 Å². The third-order valence-electron chi connectivity index (χ3n) is 4.03. The van der Waals surface area contributed by atoms with Gasteiger partial charge in [-0.15, -0.1) is 0 Å². The fourth-order valence-electron chi connectivity index (χ4n) is 2.88. The van der Waals surface area contributed by atoms with Gasteiger partial charge in [0.05, 0.1) is 16.8 Å². The first-order valence-electron chi connectivity index (χ1n) is 7.29. The summed E-state index contributed by atoms with van der Waals surface area (Å²) >= 11 is 0. The van der Waals surface area contributed by atoms with Crippen LogP contribution in [-0.2, 0) is 7.05 Å². The Morgan fingerprint density at radius 2 is 2.29 bits per heavy atom. The monoisotopic (exact) mass is 288 g/mol. The van der Waals surface area contributed by atoms with E-state index in [1.807, 2.05) is 14.0 Å². The predicted molar refractivity (Wildman–Crippen MR) is 80.6 cm³/mol. The molecule has 2 aromatic rings. The molecule has 1 aliphatic carbocycles. The molecule has 1 aliphatic rings. The summed E-state index contributed by atoms with van der Waals surface area (Å²) < 4.78 is 1.69. The lowest BCUT2D eigenvalue weighted by atomic mass is 10.1. The number of pyridine rings is 1. The predicted octanol–water partition coefficient (Wildman–Crippen LogP) is 2.58. The van der Waals surface area contributed by atoms with Crippen molar-refractivity contribution in [3.05, 3.63) is 17.5 Å². The molecule has 2 heterocycles. The molecule has 0 spiro atoms. The summed E-state index contributed by atoms with van der Waals surface area (Å²) in [6, 6.07) is 0.237. The van der Waals surface area contributed by atoms with E-state index >= 15 is 0 Å². The van der Waals surface area contributed by atoms with Crippen LogP contribution in [0, 0.1) is 12.8 Å². The van der Waals surface area contributed by atoms with Gasteiger partial charge >= 0.3 is 5.97 Å². The van der Waals surface area contributed by atoms with Crippen molar-refractivity contribution in [2.75, 3.05) is 5.32 Å². The Labute approximate surface area is 123 Å². The highest BCUT2D eigenvalue weighted by molar-refractivity contribution is 6.04. The van der Waals surface area contributed by atoms with Crippen LogP contribution in [0.5, 0.6) is 0 Å². The van der Waals surface area contributed by atoms with Gasteiger partial charge in [0.2, 0.25) is 0 Å². The molecule has 6 nitrogen and oxygen atoms in total. The highest BCUT2D eigenvalue weighted by atomic mass is 16.4. The summed E-state index contributed by atoms with van der Waals surface area (Å²) in [5.74, 6) is -0.179. The molecule has 0 radical (unpaired) electrons. The SMILES string of the molecule is Cc1nn(C)c2ncc(C(=O)O)c(NC(C)CC3CC3)c12. The van der Waals surface area contributed by atoms with Gasteiger partial charge in [-0.3, -0.25) is 4.68 Å². The molecular formula is C15H20N4O2. The van der Waals surface area contributed by atoms with E-state index in [-0.39, 0.29) is 11.6 Å². The van der Waals surface area contributed by atoms with Crippen LogP contribution in [0.1, 0.15) is 42.2 Å². The number of fused-ring (bicyclic) bond motifs is 1. The van der Waals surface area contributed by atoms with Gasteiger partial charge in [-0.2, -0.15) is 5.10 Å². The minimum Gasteiger partial charge on any atom is -0.478 e. The Kier molecular flexibility index (Phi) is 3.31. The molecule has 0 saturated heterocycles. The minimum absolute atomic E-state index is 0.209. The topological polar surface area (TPSA) is 80.0 Å². The number of aromatic carboxylic acids is 1. The number of hydrogen-bond acceptors (Lipinski definition) is 4. The van der Waals surface area contributed by atoms with Gasteiger partial charge in [-0.1, -0.05) is 12.8 Å². The largest absolute Gasteiger partial charge is 0.478 e. The van der Waals surface area contributed by atoms with Crippen molar-refractivity contribution in [1.82, 2.24) is 14.8 Å². The average Bonchev–Trinajstić information content (AvgIpc) is 3.15. The molecule has 0 aromatic carbocycles. The summed E-state index contributed by atoms with van der Waals surface area (Å²) in [5.41, 5.74) is 2.36. The van der Waals surface area contributed by atoms with Crippen LogP contribution in [0.15, 0.2) is 6.20 Å². The van der Waals surface area contributed by atoms with E-state index in [4.69, 9.17) is 0 Å². The zero-order valence-corrected chi connectivity index (χ0v) is 12.6. The molecule has 0 bridgehead atoms. The Hall–Kier alpha value is -2.11. The second-order valence-corrected chi connectivity index (χ2v) is 5.98. The van der Waals surface area contributed by atoms with Crippen LogP contribution in [0.4, 0.5) is 5.69 Å². The molecule has 21 heavy (non-hydrogen) atoms. The van der Waals surface area contributed by atoms with Gasteiger partial charge in [-0.05, 0) is 26.2 Å². The molecule has 112 valence electrons. The Balaban J connectivity index is 2.06. The van der Waals surface area contributed by atoms with Crippen molar-refractivity contribution < 1.29 is 9.90 Å². The molecule has 6 heteroatoms. The van der Waals surface area contributed by atoms with Crippen molar-refractivity contribution in [3.8, 4) is 0 Å². The lowest BCUT2D eigenvalue weighted by Gasteiger charge is -2.17. The van der Waals surface area contributed by atoms with Crippen LogP contribution in [0.25, 0.3) is 11.0 Å². The van der Waals surface area contributed by atoms with Crippen LogP contribution in [0.3, 0.4) is 0 Å². The number of aromatic nitrogens is 3. The molecule has 0 amide bonds. The number of nitrogens with one attached hydrogen (secondary N) is 1. The summed E-state index contributed by atoms with van der Waals surface area (Å²) in [6.07, 6.45) is 5.06. The van der Waals surface area contributed by atoms with E-state index in [1.165, 1.54) is 19.0 Å². The molecule has 2 aromatic heterocycles. The maximum Gasteiger partial charge on any atom is 0.339 e. The van der Waals surface area contributed by atoms with Gasteiger partial charge in [0.15, 0.2) is 5.65 Å². The Bertz CT molecular complexity index is 703. The standard InChI is InChI=1S/C15H20N4O2/c1-8(6-10-4-5-10)17-13-11(15(20)21)7-16-14-12(13)9(2)18-19(14)3/h7-8,10H,4-6H2,1-3H3,(H,16,17)(H,20,21). The molecule has 3 rings (SSSR count). The highest BCUT2D eigenvalue weighted by Crippen LogP contribution is 2.35. The summed E-state index contributed by atoms with van der Waals surface area (Å²) in [6.45, 7) is 3.98. The zero-order chi connectivity index (χ0) is 15.1. The second-order valence-electron chi connectivity index (χ2n) is 5.98. The fraction of sp³-hybridized carbons (Fsp3) is 0.533. The minimum atomic E-state index is -0.964. The second kappa shape index (κ2) is 5.02. The average molecular weight is 288 g/mol. The molecule has 1 saturated carbocycles. The van der Waals surface area contributed by atoms with E-state index in [2.05, 4.69) is 22.3 Å².